The normalized spacial score (nSPS) is 10.1. The van der Waals surface area contributed by atoms with Crippen LogP contribution in [0.3, 0.4) is 0 Å². The van der Waals surface area contributed by atoms with Crippen LogP contribution in [0.2, 0.25) is 0 Å². The number of carbonyl (C=O) groups is 2. The molecule has 0 aromatic heterocycles. The van der Waals surface area contributed by atoms with Crippen molar-refractivity contribution in [3.8, 4) is 16.9 Å². The number of ether oxygens (including phenoxy) is 1. The predicted molar refractivity (Wildman–Crippen MR) is 70.2 cm³/mol. The summed E-state index contributed by atoms with van der Waals surface area (Å²) in [6, 6.07) is 8.38. The molecule has 2 aromatic carbocycles. The number of rotatable bonds is 3. The van der Waals surface area contributed by atoms with Crippen LogP contribution in [0.25, 0.3) is 11.1 Å². The van der Waals surface area contributed by atoms with E-state index in [4.69, 9.17) is 0 Å². The average Bonchev–Trinajstić information content (AvgIpc) is 2.46. The molecule has 0 radical (unpaired) electrons. The molecular formula is C15H11FO4. The van der Waals surface area contributed by atoms with Gasteiger partial charge in [0.05, 0.1) is 18.2 Å². The number of aromatic hydroxyl groups is 1. The monoisotopic (exact) mass is 274 g/mol. The molecule has 102 valence electrons. The van der Waals surface area contributed by atoms with E-state index < -0.39 is 11.8 Å². The molecule has 0 bridgehead atoms. The molecule has 4 nitrogen and oxygen atoms in total. The minimum atomic E-state index is -0.756. The zero-order chi connectivity index (χ0) is 14.7. The summed E-state index contributed by atoms with van der Waals surface area (Å²) in [4.78, 5) is 21.9. The summed E-state index contributed by atoms with van der Waals surface area (Å²) >= 11 is 0. The fraction of sp³-hybridized carbons (Fsp3) is 0.0667. The Morgan fingerprint density at radius 3 is 2.40 bits per heavy atom. The number of carbonyl (C=O) groups excluding carboxylic acids is 2. The van der Waals surface area contributed by atoms with E-state index in [9.17, 15) is 19.1 Å². The number of phenolic OH excluding ortho intramolecular Hbond substituents is 1. The molecule has 0 atom stereocenters. The maximum absolute atomic E-state index is 13.8. The molecule has 2 rings (SSSR count). The van der Waals surface area contributed by atoms with Gasteiger partial charge in [0.1, 0.15) is 11.6 Å². The Labute approximate surface area is 114 Å². The topological polar surface area (TPSA) is 63.6 Å². The summed E-state index contributed by atoms with van der Waals surface area (Å²) in [5, 5.41) is 9.60. The van der Waals surface area contributed by atoms with Gasteiger partial charge in [0, 0.05) is 0 Å². The number of esters is 1. The first-order valence-corrected chi connectivity index (χ1v) is 5.73. The van der Waals surface area contributed by atoms with Gasteiger partial charge in [-0.25, -0.2) is 9.18 Å². The van der Waals surface area contributed by atoms with Gasteiger partial charge in [-0.2, -0.15) is 0 Å². The molecule has 0 saturated carbocycles. The Hall–Kier alpha value is -2.69. The number of benzene rings is 2. The number of phenols is 1. The molecule has 0 unspecified atom stereocenters. The standard InChI is InChI=1S/C15H11FO4/c1-20-15(19)12-5-4-9(6-13(12)16)10-2-3-11(8-17)14(18)7-10/h2-8,18H,1H3. The van der Waals surface area contributed by atoms with Gasteiger partial charge in [-0.3, -0.25) is 4.79 Å². The van der Waals surface area contributed by atoms with Crippen LogP contribution in [0, 0.1) is 5.82 Å². The third kappa shape index (κ3) is 2.51. The van der Waals surface area contributed by atoms with Crippen LogP contribution in [-0.2, 0) is 4.74 Å². The second-order valence-corrected chi connectivity index (χ2v) is 4.08. The van der Waals surface area contributed by atoms with Gasteiger partial charge in [0.25, 0.3) is 0 Å². The molecule has 0 aliphatic rings. The van der Waals surface area contributed by atoms with Crippen molar-refractivity contribution < 1.29 is 23.8 Å². The Morgan fingerprint density at radius 2 is 1.85 bits per heavy atom. The molecule has 0 saturated heterocycles. The van der Waals surface area contributed by atoms with E-state index in [1.807, 2.05) is 0 Å². The van der Waals surface area contributed by atoms with E-state index in [1.165, 1.54) is 37.4 Å². The van der Waals surface area contributed by atoms with Crippen LogP contribution in [0.15, 0.2) is 36.4 Å². The molecule has 20 heavy (non-hydrogen) atoms. The number of halogens is 1. The lowest BCUT2D eigenvalue weighted by atomic mass is 10.0. The summed E-state index contributed by atoms with van der Waals surface area (Å²) < 4.78 is 18.3. The van der Waals surface area contributed by atoms with Crippen LogP contribution in [0.1, 0.15) is 20.7 Å². The molecule has 0 spiro atoms. The van der Waals surface area contributed by atoms with E-state index in [2.05, 4.69) is 4.74 Å². The van der Waals surface area contributed by atoms with E-state index in [1.54, 1.807) is 6.07 Å². The summed E-state index contributed by atoms with van der Waals surface area (Å²) in [6.07, 6.45) is 0.528. The maximum atomic E-state index is 13.8. The first kappa shape index (κ1) is 13.7. The van der Waals surface area contributed by atoms with Gasteiger partial charge in [-0.15, -0.1) is 0 Å². The molecular weight excluding hydrogens is 263 g/mol. The molecule has 0 aliphatic heterocycles. The smallest absolute Gasteiger partial charge is 0.340 e. The molecule has 0 aliphatic carbocycles. The first-order chi connectivity index (χ1) is 9.56. The van der Waals surface area contributed by atoms with E-state index in [-0.39, 0.29) is 16.9 Å². The summed E-state index contributed by atoms with van der Waals surface area (Å²) in [7, 11) is 1.17. The largest absolute Gasteiger partial charge is 0.507 e. The highest BCUT2D eigenvalue weighted by atomic mass is 19.1. The number of aldehydes is 1. The predicted octanol–water partition coefficient (Wildman–Crippen LogP) is 2.80. The molecule has 0 amide bonds. The van der Waals surface area contributed by atoms with Gasteiger partial charge in [0.2, 0.25) is 0 Å². The van der Waals surface area contributed by atoms with Crippen molar-refractivity contribution in [2.24, 2.45) is 0 Å². The molecule has 2 aromatic rings. The second kappa shape index (κ2) is 5.52. The highest BCUT2D eigenvalue weighted by Gasteiger charge is 2.13. The fourth-order valence-electron chi connectivity index (χ4n) is 1.79. The highest BCUT2D eigenvalue weighted by molar-refractivity contribution is 5.90. The van der Waals surface area contributed by atoms with Crippen LogP contribution in [-0.4, -0.2) is 24.5 Å². The fourth-order valence-corrected chi connectivity index (χ4v) is 1.79. The minimum Gasteiger partial charge on any atom is -0.507 e. The van der Waals surface area contributed by atoms with Crippen LogP contribution in [0.4, 0.5) is 4.39 Å². The van der Waals surface area contributed by atoms with Gasteiger partial charge in [-0.05, 0) is 35.4 Å². The van der Waals surface area contributed by atoms with Crippen molar-refractivity contribution >= 4 is 12.3 Å². The lowest BCUT2D eigenvalue weighted by Crippen LogP contribution is -2.04. The van der Waals surface area contributed by atoms with Crippen LogP contribution < -0.4 is 0 Å². The van der Waals surface area contributed by atoms with Crippen LogP contribution in [0.5, 0.6) is 5.75 Å². The van der Waals surface area contributed by atoms with E-state index in [0.717, 1.165) is 0 Å². The molecule has 5 heteroatoms. The highest BCUT2D eigenvalue weighted by Crippen LogP contribution is 2.27. The van der Waals surface area contributed by atoms with Crippen LogP contribution >= 0.6 is 0 Å². The minimum absolute atomic E-state index is 0.153. The summed E-state index contributed by atoms with van der Waals surface area (Å²) in [5.41, 5.74) is 0.997. The van der Waals surface area contributed by atoms with Crippen molar-refractivity contribution in [1.29, 1.82) is 0 Å². The summed E-state index contributed by atoms with van der Waals surface area (Å²) in [5.74, 6) is -1.66. The quantitative estimate of drug-likeness (QED) is 0.690. The van der Waals surface area contributed by atoms with Crippen molar-refractivity contribution in [3.63, 3.8) is 0 Å². The Balaban J connectivity index is 2.44. The lowest BCUT2D eigenvalue weighted by molar-refractivity contribution is 0.0595. The maximum Gasteiger partial charge on any atom is 0.340 e. The lowest BCUT2D eigenvalue weighted by Gasteiger charge is -2.06. The Kier molecular flexibility index (Phi) is 3.79. The average molecular weight is 274 g/mol. The molecule has 0 heterocycles. The molecule has 0 fully saturated rings. The Morgan fingerprint density at radius 1 is 1.20 bits per heavy atom. The Bertz CT molecular complexity index is 680. The second-order valence-electron chi connectivity index (χ2n) is 4.08. The zero-order valence-corrected chi connectivity index (χ0v) is 10.6. The van der Waals surface area contributed by atoms with Gasteiger partial charge in [-0.1, -0.05) is 12.1 Å². The third-order valence-corrected chi connectivity index (χ3v) is 2.87. The van der Waals surface area contributed by atoms with E-state index in [0.29, 0.717) is 17.4 Å². The zero-order valence-electron chi connectivity index (χ0n) is 10.6. The van der Waals surface area contributed by atoms with Crippen molar-refractivity contribution in [2.75, 3.05) is 7.11 Å². The third-order valence-electron chi connectivity index (χ3n) is 2.87. The number of hydrogen-bond acceptors (Lipinski definition) is 4. The van der Waals surface area contributed by atoms with Gasteiger partial charge in [0.15, 0.2) is 6.29 Å². The van der Waals surface area contributed by atoms with Crippen molar-refractivity contribution in [3.05, 3.63) is 53.3 Å². The molecule has 1 N–H and O–H groups in total. The van der Waals surface area contributed by atoms with Crippen molar-refractivity contribution in [2.45, 2.75) is 0 Å². The number of hydrogen-bond donors (Lipinski definition) is 1. The van der Waals surface area contributed by atoms with Gasteiger partial charge < -0.3 is 9.84 Å². The number of methoxy groups -OCH3 is 1. The first-order valence-electron chi connectivity index (χ1n) is 5.73. The van der Waals surface area contributed by atoms with Crippen molar-refractivity contribution in [1.82, 2.24) is 0 Å². The van der Waals surface area contributed by atoms with Gasteiger partial charge >= 0.3 is 5.97 Å². The summed E-state index contributed by atoms with van der Waals surface area (Å²) in [6.45, 7) is 0. The van der Waals surface area contributed by atoms with E-state index >= 15 is 0 Å². The SMILES string of the molecule is COC(=O)c1ccc(-c2ccc(C=O)c(O)c2)cc1F.